The molecule has 18 heavy (non-hydrogen) atoms. The van der Waals surface area contributed by atoms with Crippen LogP contribution in [0.5, 0.6) is 0 Å². The Balaban J connectivity index is 2.71. The maximum atomic E-state index is 12.0. The van der Waals surface area contributed by atoms with Crippen LogP contribution < -0.4 is 11.1 Å². The highest BCUT2D eigenvalue weighted by molar-refractivity contribution is 7.91. The molecule has 0 aromatic heterocycles. The molecule has 0 aliphatic carbocycles. The number of rotatable bonds is 3. The van der Waals surface area contributed by atoms with Gasteiger partial charge in [0.05, 0.1) is 11.5 Å². The van der Waals surface area contributed by atoms with Gasteiger partial charge in [0, 0.05) is 6.04 Å². The molecule has 104 valence electrons. The van der Waals surface area contributed by atoms with Gasteiger partial charge in [-0.15, -0.1) is 0 Å². The maximum Gasteiger partial charge on any atom is 0.233 e. The quantitative estimate of drug-likeness (QED) is 0.276. The summed E-state index contributed by atoms with van der Waals surface area (Å²) in [5, 5.41) is 14.1. The van der Waals surface area contributed by atoms with Gasteiger partial charge in [0.1, 0.15) is 5.41 Å². The summed E-state index contributed by atoms with van der Waals surface area (Å²) in [6.45, 7) is 3.02. The van der Waals surface area contributed by atoms with Gasteiger partial charge in [0.25, 0.3) is 0 Å². The van der Waals surface area contributed by atoms with E-state index in [1.807, 2.05) is 0 Å². The van der Waals surface area contributed by atoms with Crippen LogP contribution in [0.1, 0.15) is 26.7 Å². The van der Waals surface area contributed by atoms with Gasteiger partial charge in [-0.05, 0) is 26.7 Å². The maximum absolute atomic E-state index is 12.0. The second-order valence-electron chi connectivity index (χ2n) is 5.04. The number of nitrogens with one attached hydrogen (secondary N) is 1. The summed E-state index contributed by atoms with van der Waals surface area (Å²) in [7, 11) is -3.07. The second kappa shape index (κ2) is 5.13. The number of hydrogen-bond acceptors (Lipinski definition) is 5. The van der Waals surface area contributed by atoms with E-state index in [1.165, 1.54) is 13.8 Å². The van der Waals surface area contributed by atoms with Gasteiger partial charge >= 0.3 is 0 Å². The van der Waals surface area contributed by atoms with Gasteiger partial charge in [-0.2, -0.15) is 0 Å². The van der Waals surface area contributed by atoms with Crippen molar-refractivity contribution in [3.8, 4) is 0 Å². The van der Waals surface area contributed by atoms with Crippen molar-refractivity contribution >= 4 is 21.6 Å². The van der Waals surface area contributed by atoms with E-state index < -0.39 is 27.2 Å². The highest BCUT2D eigenvalue weighted by atomic mass is 32.2. The minimum absolute atomic E-state index is 0.0506. The summed E-state index contributed by atoms with van der Waals surface area (Å²) >= 11 is 0. The van der Waals surface area contributed by atoms with Crippen LogP contribution >= 0.6 is 0 Å². The lowest BCUT2D eigenvalue weighted by molar-refractivity contribution is -0.127. The topological polar surface area (TPSA) is 122 Å². The van der Waals surface area contributed by atoms with Crippen LogP contribution in [-0.2, 0) is 14.6 Å². The van der Waals surface area contributed by atoms with Crippen molar-refractivity contribution in [2.24, 2.45) is 16.3 Å². The van der Waals surface area contributed by atoms with E-state index in [4.69, 9.17) is 10.9 Å². The van der Waals surface area contributed by atoms with E-state index in [-0.39, 0.29) is 17.3 Å². The molecule has 0 saturated carbocycles. The summed E-state index contributed by atoms with van der Waals surface area (Å²) in [6.07, 6.45) is 1.16. The van der Waals surface area contributed by atoms with Crippen molar-refractivity contribution in [3.63, 3.8) is 0 Å². The third-order valence-electron chi connectivity index (χ3n) is 3.11. The van der Waals surface area contributed by atoms with Gasteiger partial charge in [-0.1, -0.05) is 5.16 Å². The zero-order chi connectivity index (χ0) is 14.0. The van der Waals surface area contributed by atoms with Crippen molar-refractivity contribution in [2.45, 2.75) is 32.7 Å². The van der Waals surface area contributed by atoms with Crippen LogP contribution in [0.4, 0.5) is 0 Å². The Morgan fingerprint density at radius 3 is 2.61 bits per heavy atom. The zero-order valence-corrected chi connectivity index (χ0v) is 11.3. The van der Waals surface area contributed by atoms with Crippen LogP contribution in [0.15, 0.2) is 5.16 Å². The van der Waals surface area contributed by atoms with Crippen LogP contribution in [0, 0.1) is 5.41 Å². The molecule has 0 radical (unpaired) electrons. The van der Waals surface area contributed by atoms with Crippen LogP contribution in [0.3, 0.4) is 0 Å². The predicted molar refractivity (Wildman–Crippen MR) is 67.0 cm³/mol. The first-order valence-electron chi connectivity index (χ1n) is 5.68. The number of sulfone groups is 1. The summed E-state index contributed by atoms with van der Waals surface area (Å²) < 4.78 is 22.9. The van der Waals surface area contributed by atoms with Crippen LogP contribution in [0.25, 0.3) is 0 Å². The lowest BCUT2D eigenvalue weighted by Gasteiger charge is -2.28. The Bertz CT molecular complexity index is 456. The molecule has 1 atom stereocenters. The average Bonchev–Trinajstić information content (AvgIpc) is 2.26. The Kier molecular flexibility index (Phi) is 4.20. The van der Waals surface area contributed by atoms with Crippen LogP contribution in [-0.4, -0.2) is 42.9 Å². The first-order valence-corrected chi connectivity index (χ1v) is 7.50. The minimum atomic E-state index is -3.07. The molecule has 0 aromatic rings. The van der Waals surface area contributed by atoms with Gasteiger partial charge in [-0.3, -0.25) is 4.79 Å². The number of amidine groups is 1. The SMILES string of the molecule is CC(C)(C(=O)NC1CCCS(=O)(=O)C1)C(N)=NO. The number of amides is 1. The molecule has 0 aromatic carbocycles. The molecule has 1 fully saturated rings. The van der Waals surface area contributed by atoms with E-state index in [9.17, 15) is 13.2 Å². The van der Waals surface area contributed by atoms with Crippen molar-refractivity contribution < 1.29 is 18.4 Å². The molecule has 7 nitrogen and oxygen atoms in total. The number of nitrogens with two attached hydrogens (primary N) is 1. The number of nitrogens with zero attached hydrogens (tertiary/aromatic N) is 1. The molecule has 4 N–H and O–H groups in total. The van der Waals surface area contributed by atoms with E-state index >= 15 is 0 Å². The van der Waals surface area contributed by atoms with Crippen molar-refractivity contribution in [1.82, 2.24) is 5.32 Å². The van der Waals surface area contributed by atoms with E-state index in [0.29, 0.717) is 12.8 Å². The number of hydrogen-bond donors (Lipinski definition) is 3. The molecular formula is C10H19N3O4S. The summed E-state index contributed by atoms with van der Waals surface area (Å²) in [5.74, 6) is -0.535. The normalized spacial score (nSPS) is 24.6. The third-order valence-corrected chi connectivity index (χ3v) is 4.93. The fraction of sp³-hybridized carbons (Fsp3) is 0.800. The smallest absolute Gasteiger partial charge is 0.233 e. The van der Waals surface area contributed by atoms with E-state index in [2.05, 4.69) is 10.5 Å². The third kappa shape index (κ3) is 3.34. The second-order valence-corrected chi connectivity index (χ2v) is 7.27. The molecule has 1 aliphatic heterocycles. The highest BCUT2D eigenvalue weighted by Crippen LogP contribution is 2.18. The number of carbonyl (C=O) groups excluding carboxylic acids is 1. The molecule has 0 spiro atoms. The molecule has 1 saturated heterocycles. The molecule has 8 heteroatoms. The molecular weight excluding hydrogens is 258 g/mol. The Morgan fingerprint density at radius 2 is 2.11 bits per heavy atom. The first kappa shape index (κ1) is 14.7. The van der Waals surface area contributed by atoms with E-state index in [1.54, 1.807) is 0 Å². The molecule has 1 rings (SSSR count). The Hall–Kier alpha value is -1.31. The fourth-order valence-corrected chi connectivity index (χ4v) is 3.38. The van der Waals surface area contributed by atoms with Crippen molar-refractivity contribution in [1.29, 1.82) is 0 Å². The number of carbonyl (C=O) groups is 1. The van der Waals surface area contributed by atoms with Crippen LogP contribution in [0.2, 0.25) is 0 Å². The lowest BCUT2D eigenvalue weighted by Crippen LogP contribution is -2.51. The zero-order valence-electron chi connectivity index (χ0n) is 10.5. The highest BCUT2D eigenvalue weighted by Gasteiger charge is 2.35. The summed E-state index contributed by atoms with van der Waals surface area (Å²) in [5.41, 5.74) is 4.26. The standard InChI is InChI=1S/C10H19N3O4S/c1-10(2,8(11)13-15)9(14)12-7-4-3-5-18(16,17)6-7/h7,15H,3-6H2,1-2H3,(H2,11,13)(H,12,14). The van der Waals surface area contributed by atoms with Gasteiger partial charge in [-0.25, -0.2) is 8.42 Å². The molecule has 1 heterocycles. The van der Waals surface area contributed by atoms with Crippen molar-refractivity contribution in [3.05, 3.63) is 0 Å². The summed E-state index contributed by atoms with van der Waals surface area (Å²) in [4.78, 5) is 12.0. The molecule has 0 bridgehead atoms. The van der Waals surface area contributed by atoms with Gasteiger partial charge < -0.3 is 16.3 Å². The number of oxime groups is 1. The largest absolute Gasteiger partial charge is 0.409 e. The van der Waals surface area contributed by atoms with Crippen molar-refractivity contribution in [2.75, 3.05) is 11.5 Å². The van der Waals surface area contributed by atoms with E-state index in [0.717, 1.165) is 0 Å². The lowest BCUT2D eigenvalue weighted by atomic mass is 9.90. The Labute approximate surface area is 106 Å². The predicted octanol–water partition coefficient (Wildman–Crippen LogP) is -0.548. The van der Waals surface area contributed by atoms with Gasteiger partial charge in [0.15, 0.2) is 15.7 Å². The average molecular weight is 277 g/mol. The monoisotopic (exact) mass is 277 g/mol. The fourth-order valence-electron chi connectivity index (χ4n) is 1.74. The minimum Gasteiger partial charge on any atom is -0.409 e. The Morgan fingerprint density at radius 1 is 1.50 bits per heavy atom. The first-order chi connectivity index (χ1) is 8.19. The molecule has 1 amide bonds. The van der Waals surface area contributed by atoms with Gasteiger partial charge in [0.2, 0.25) is 5.91 Å². The molecule has 1 unspecified atom stereocenters. The summed E-state index contributed by atoms with van der Waals surface area (Å²) in [6, 6.07) is -0.401. The molecule has 1 aliphatic rings.